The quantitative estimate of drug-likeness (QED) is 0.725. The van der Waals surface area contributed by atoms with E-state index in [-0.39, 0.29) is 5.91 Å². The highest BCUT2D eigenvalue weighted by atomic mass is 16.2. The lowest BCUT2D eigenvalue weighted by Crippen LogP contribution is -2.30. The number of hydrogen-bond acceptors (Lipinski definition) is 5. The van der Waals surface area contributed by atoms with Gasteiger partial charge in [-0.25, -0.2) is 9.97 Å². The van der Waals surface area contributed by atoms with Gasteiger partial charge in [-0.2, -0.15) is 0 Å². The molecule has 2 heterocycles. The van der Waals surface area contributed by atoms with Crippen LogP contribution >= 0.6 is 0 Å². The highest BCUT2D eigenvalue weighted by molar-refractivity contribution is 6.06. The average molecular weight is 293 g/mol. The number of hydrazine groups is 1. The number of benzene rings is 1. The molecule has 0 fully saturated rings. The van der Waals surface area contributed by atoms with Crippen molar-refractivity contribution < 1.29 is 4.79 Å². The van der Waals surface area contributed by atoms with Gasteiger partial charge in [0.1, 0.15) is 0 Å². The maximum Gasteiger partial charge on any atom is 0.270 e. The molecule has 22 heavy (non-hydrogen) atoms. The highest BCUT2D eigenvalue weighted by Crippen LogP contribution is 2.16. The molecular weight excluding hydrogens is 278 g/mol. The molecule has 0 saturated carbocycles. The van der Waals surface area contributed by atoms with Crippen LogP contribution in [0.15, 0.2) is 42.6 Å². The summed E-state index contributed by atoms with van der Waals surface area (Å²) in [5.74, 6) is 0.102. The summed E-state index contributed by atoms with van der Waals surface area (Å²) in [7, 11) is 0. The standard InChI is InChI=1S/C16H15N5O/c1-10-9-11(2)19-16(18-10)21-20-15(22)13-5-3-7-14-12(13)6-4-8-17-14/h3-9H,1-2H3,(H,20,22)(H,18,19,21). The van der Waals surface area contributed by atoms with E-state index in [9.17, 15) is 4.79 Å². The number of carbonyl (C=O) groups is 1. The van der Waals surface area contributed by atoms with E-state index in [2.05, 4.69) is 25.8 Å². The van der Waals surface area contributed by atoms with Crippen LogP contribution in [-0.4, -0.2) is 20.9 Å². The molecule has 3 rings (SSSR count). The minimum absolute atomic E-state index is 0.263. The SMILES string of the molecule is Cc1cc(C)nc(NNC(=O)c2cccc3ncccc23)n1. The second-order valence-corrected chi connectivity index (χ2v) is 4.93. The third-order valence-electron chi connectivity index (χ3n) is 3.16. The number of rotatable bonds is 3. The van der Waals surface area contributed by atoms with Gasteiger partial charge in [0.15, 0.2) is 0 Å². The molecule has 6 nitrogen and oxygen atoms in total. The molecule has 3 aromatic rings. The Morgan fingerprint density at radius 3 is 2.59 bits per heavy atom. The normalized spacial score (nSPS) is 10.5. The minimum atomic E-state index is -0.263. The Hall–Kier alpha value is -3.02. The summed E-state index contributed by atoms with van der Waals surface area (Å²) in [4.78, 5) is 25.0. The Morgan fingerprint density at radius 2 is 1.82 bits per heavy atom. The lowest BCUT2D eigenvalue weighted by molar-refractivity contribution is 0.0964. The summed E-state index contributed by atoms with van der Waals surface area (Å²) in [5.41, 5.74) is 8.35. The predicted octanol–water partition coefficient (Wildman–Crippen LogP) is 2.40. The fourth-order valence-corrected chi connectivity index (χ4v) is 2.26. The predicted molar refractivity (Wildman–Crippen MR) is 84.3 cm³/mol. The van der Waals surface area contributed by atoms with E-state index in [4.69, 9.17) is 0 Å². The molecule has 0 saturated heterocycles. The molecule has 0 spiro atoms. The summed E-state index contributed by atoms with van der Waals surface area (Å²) >= 11 is 0. The molecule has 2 N–H and O–H groups in total. The van der Waals surface area contributed by atoms with Crippen molar-refractivity contribution in [1.82, 2.24) is 20.4 Å². The van der Waals surface area contributed by atoms with E-state index in [1.165, 1.54) is 0 Å². The van der Waals surface area contributed by atoms with Crippen LogP contribution in [0.3, 0.4) is 0 Å². The third-order valence-corrected chi connectivity index (χ3v) is 3.16. The van der Waals surface area contributed by atoms with E-state index in [0.29, 0.717) is 11.5 Å². The number of hydrogen-bond donors (Lipinski definition) is 2. The first-order valence-electron chi connectivity index (χ1n) is 6.86. The van der Waals surface area contributed by atoms with Crippen molar-refractivity contribution in [3.63, 3.8) is 0 Å². The van der Waals surface area contributed by atoms with Gasteiger partial charge in [0, 0.05) is 23.0 Å². The molecule has 6 heteroatoms. The van der Waals surface area contributed by atoms with Crippen LogP contribution in [0.5, 0.6) is 0 Å². The van der Waals surface area contributed by atoms with Crippen molar-refractivity contribution in [1.29, 1.82) is 0 Å². The maximum absolute atomic E-state index is 12.3. The molecule has 0 aliphatic rings. The van der Waals surface area contributed by atoms with Crippen molar-refractivity contribution >= 4 is 22.8 Å². The van der Waals surface area contributed by atoms with Crippen LogP contribution in [0.1, 0.15) is 21.7 Å². The number of fused-ring (bicyclic) bond motifs is 1. The van der Waals surface area contributed by atoms with Gasteiger partial charge in [0.05, 0.1) is 11.1 Å². The lowest BCUT2D eigenvalue weighted by atomic mass is 10.1. The van der Waals surface area contributed by atoms with Gasteiger partial charge in [0.25, 0.3) is 5.91 Å². The van der Waals surface area contributed by atoms with Crippen LogP contribution < -0.4 is 10.9 Å². The zero-order valence-corrected chi connectivity index (χ0v) is 12.3. The minimum Gasteiger partial charge on any atom is -0.267 e. The zero-order chi connectivity index (χ0) is 15.5. The van der Waals surface area contributed by atoms with Gasteiger partial charge < -0.3 is 0 Å². The Bertz CT molecular complexity index is 821. The van der Waals surface area contributed by atoms with Crippen molar-refractivity contribution in [3.8, 4) is 0 Å². The first-order valence-corrected chi connectivity index (χ1v) is 6.86. The van der Waals surface area contributed by atoms with Crippen molar-refractivity contribution in [2.45, 2.75) is 13.8 Å². The third kappa shape index (κ3) is 2.85. The fraction of sp³-hybridized carbons (Fsp3) is 0.125. The number of carbonyl (C=O) groups excluding carboxylic acids is 1. The van der Waals surface area contributed by atoms with E-state index in [1.807, 2.05) is 32.0 Å². The van der Waals surface area contributed by atoms with Crippen molar-refractivity contribution in [3.05, 3.63) is 59.5 Å². The smallest absolute Gasteiger partial charge is 0.267 e. The van der Waals surface area contributed by atoms with Gasteiger partial charge >= 0.3 is 0 Å². The molecule has 2 aromatic heterocycles. The van der Waals surface area contributed by atoms with Gasteiger partial charge in [0.2, 0.25) is 5.95 Å². The Balaban J connectivity index is 1.82. The van der Waals surface area contributed by atoms with Crippen LogP contribution in [0.4, 0.5) is 5.95 Å². The topological polar surface area (TPSA) is 79.8 Å². The molecule has 0 bridgehead atoms. The summed E-state index contributed by atoms with van der Waals surface area (Å²) in [5, 5.41) is 0.797. The zero-order valence-electron chi connectivity index (χ0n) is 12.3. The number of aromatic nitrogens is 3. The Labute approximate surface area is 127 Å². The van der Waals surface area contributed by atoms with E-state index in [1.54, 1.807) is 24.4 Å². The first-order chi connectivity index (χ1) is 10.6. The maximum atomic E-state index is 12.3. The van der Waals surface area contributed by atoms with Crippen molar-refractivity contribution in [2.75, 3.05) is 5.43 Å². The van der Waals surface area contributed by atoms with Crippen LogP contribution in [0.25, 0.3) is 10.9 Å². The van der Waals surface area contributed by atoms with E-state index in [0.717, 1.165) is 22.3 Å². The van der Waals surface area contributed by atoms with E-state index >= 15 is 0 Å². The lowest BCUT2D eigenvalue weighted by Gasteiger charge is -2.09. The number of pyridine rings is 1. The number of aryl methyl sites for hydroxylation is 2. The van der Waals surface area contributed by atoms with Gasteiger partial charge in [-0.05, 0) is 38.1 Å². The number of nitrogens with zero attached hydrogens (tertiary/aromatic N) is 3. The highest BCUT2D eigenvalue weighted by Gasteiger charge is 2.10. The largest absolute Gasteiger partial charge is 0.270 e. The van der Waals surface area contributed by atoms with Crippen molar-refractivity contribution in [2.24, 2.45) is 0 Å². The van der Waals surface area contributed by atoms with Crippen LogP contribution in [0.2, 0.25) is 0 Å². The summed E-state index contributed by atoms with van der Waals surface area (Å²) in [6.07, 6.45) is 1.70. The second kappa shape index (κ2) is 5.77. The molecule has 110 valence electrons. The molecule has 0 unspecified atom stereocenters. The second-order valence-electron chi connectivity index (χ2n) is 4.93. The molecule has 0 radical (unpaired) electrons. The summed E-state index contributed by atoms with van der Waals surface area (Å²) < 4.78 is 0. The monoisotopic (exact) mass is 293 g/mol. The molecule has 0 atom stereocenters. The Morgan fingerprint density at radius 1 is 1.05 bits per heavy atom. The Kier molecular flexibility index (Phi) is 3.65. The molecule has 0 aliphatic heterocycles. The number of amides is 1. The van der Waals surface area contributed by atoms with Gasteiger partial charge in [-0.15, -0.1) is 0 Å². The fourth-order valence-electron chi connectivity index (χ4n) is 2.26. The van der Waals surface area contributed by atoms with Crippen LogP contribution in [0, 0.1) is 13.8 Å². The van der Waals surface area contributed by atoms with E-state index < -0.39 is 0 Å². The number of nitrogens with one attached hydrogen (secondary N) is 2. The molecular formula is C16H15N5O. The summed E-state index contributed by atoms with van der Waals surface area (Å²) in [6.45, 7) is 3.75. The van der Waals surface area contributed by atoms with Gasteiger partial charge in [-0.3, -0.25) is 20.6 Å². The van der Waals surface area contributed by atoms with Crippen LogP contribution in [-0.2, 0) is 0 Å². The first kappa shape index (κ1) is 13.9. The number of anilines is 1. The van der Waals surface area contributed by atoms with Gasteiger partial charge in [-0.1, -0.05) is 12.1 Å². The molecule has 1 amide bonds. The molecule has 0 aliphatic carbocycles. The molecule has 1 aromatic carbocycles. The summed E-state index contributed by atoms with van der Waals surface area (Å²) in [6, 6.07) is 11.0. The average Bonchev–Trinajstić information content (AvgIpc) is 2.51.